The first-order chi connectivity index (χ1) is 18.4. The Balaban J connectivity index is 1.38. The van der Waals surface area contributed by atoms with Crippen LogP contribution >= 0.6 is 11.3 Å². The average molecular weight is 550 g/mol. The van der Waals surface area contributed by atoms with E-state index in [1.165, 1.54) is 27.2 Å². The van der Waals surface area contributed by atoms with Crippen molar-refractivity contribution in [3.8, 4) is 17.2 Å². The number of nitriles is 1. The Kier molecular flexibility index (Phi) is 5.63. The molecule has 2 aliphatic heterocycles. The third-order valence-corrected chi connectivity index (χ3v) is 9.41. The van der Waals surface area contributed by atoms with Gasteiger partial charge in [0.15, 0.2) is 0 Å². The molecule has 0 N–H and O–H groups in total. The van der Waals surface area contributed by atoms with Crippen molar-refractivity contribution in [1.29, 1.82) is 5.26 Å². The summed E-state index contributed by atoms with van der Waals surface area (Å²) in [6, 6.07) is 7.13. The van der Waals surface area contributed by atoms with E-state index >= 15 is 0 Å². The van der Waals surface area contributed by atoms with Gasteiger partial charge in [0.05, 0.1) is 39.9 Å². The first-order valence-electron chi connectivity index (χ1n) is 12.7. The van der Waals surface area contributed by atoms with E-state index in [2.05, 4.69) is 9.97 Å². The van der Waals surface area contributed by atoms with Gasteiger partial charge in [-0.2, -0.15) is 5.26 Å². The molecule has 3 aliphatic rings. The fraction of sp³-hybridized carbons (Fsp3) is 0.429. The number of carbonyl (C=O) groups excluding carboxylic acids is 3. The summed E-state index contributed by atoms with van der Waals surface area (Å²) in [5.74, 6) is -4.03. The summed E-state index contributed by atoms with van der Waals surface area (Å²) < 4.78 is 28.2. The Morgan fingerprint density at radius 1 is 1.15 bits per heavy atom. The number of piperidine rings is 2. The van der Waals surface area contributed by atoms with Crippen molar-refractivity contribution in [1.82, 2.24) is 19.8 Å². The van der Waals surface area contributed by atoms with Crippen molar-refractivity contribution in [3.63, 3.8) is 0 Å². The SMILES string of the molecule is Cc1nc(C#N)cc(-c2ccnc3cc(CN4C(=O)C5C(C4=O)C5(C)C)sc23)c1C(=O)N1CCC(F)(F)CC1. The van der Waals surface area contributed by atoms with Crippen LogP contribution in [0.25, 0.3) is 21.3 Å². The van der Waals surface area contributed by atoms with Crippen molar-refractivity contribution in [2.45, 2.75) is 46.1 Å². The number of alkyl halides is 2. The van der Waals surface area contributed by atoms with Crippen LogP contribution in [0.5, 0.6) is 0 Å². The highest BCUT2D eigenvalue weighted by Crippen LogP contribution is 2.63. The maximum Gasteiger partial charge on any atom is 0.256 e. The number of carbonyl (C=O) groups is 3. The largest absolute Gasteiger partial charge is 0.338 e. The lowest BCUT2D eigenvalue weighted by atomic mass is 9.96. The van der Waals surface area contributed by atoms with Crippen molar-refractivity contribution in [3.05, 3.63) is 46.2 Å². The number of nitrogens with zero attached hydrogens (tertiary/aromatic N) is 5. The maximum atomic E-state index is 13.8. The van der Waals surface area contributed by atoms with Crippen molar-refractivity contribution in [2.24, 2.45) is 17.3 Å². The molecule has 5 heterocycles. The smallest absolute Gasteiger partial charge is 0.256 e. The van der Waals surface area contributed by atoms with Crippen LogP contribution in [0.2, 0.25) is 0 Å². The number of amides is 3. The van der Waals surface area contributed by atoms with Crippen LogP contribution in [0.3, 0.4) is 0 Å². The van der Waals surface area contributed by atoms with E-state index in [0.717, 1.165) is 9.58 Å². The van der Waals surface area contributed by atoms with Crippen LogP contribution in [0.4, 0.5) is 8.78 Å². The van der Waals surface area contributed by atoms with E-state index in [-0.39, 0.29) is 60.0 Å². The van der Waals surface area contributed by atoms with E-state index in [1.807, 2.05) is 26.0 Å². The van der Waals surface area contributed by atoms with Gasteiger partial charge in [-0.05, 0) is 30.5 Å². The highest BCUT2D eigenvalue weighted by molar-refractivity contribution is 7.19. The first kappa shape index (κ1) is 25.5. The molecule has 39 heavy (non-hydrogen) atoms. The Labute approximate surface area is 227 Å². The number of pyridine rings is 2. The van der Waals surface area contributed by atoms with Crippen LogP contribution in [-0.2, 0) is 16.1 Å². The standard InChI is InChI=1S/C28H25F2N5O3S/c1-14-20(24(36)34-8-5-28(29,30)6-9-34)18(10-15(12-31)33-14)17-4-7-32-19-11-16(39-23(17)19)13-35-25(37)21-22(26(35)38)27(21,2)3/h4,7,10-11,21-22H,5-6,8-9,13H2,1-3H3. The molecule has 0 bridgehead atoms. The Morgan fingerprint density at radius 3 is 2.46 bits per heavy atom. The lowest BCUT2D eigenvalue weighted by Gasteiger charge is -2.32. The third kappa shape index (κ3) is 4.00. The van der Waals surface area contributed by atoms with Gasteiger partial charge < -0.3 is 4.90 Å². The molecule has 1 aliphatic carbocycles. The third-order valence-electron chi connectivity index (χ3n) is 8.27. The zero-order chi connectivity index (χ0) is 27.9. The number of fused-ring (bicyclic) bond motifs is 2. The fourth-order valence-electron chi connectivity index (χ4n) is 6.00. The normalized spacial score (nSPS) is 23.2. The van der Waals surface area contributed by atoms with E-state index in [1.54, 1.807) is 19.2 Å². The number of rotatable bonds is 4. The van der Waals surface area contributed by atoms with Crippen LogP contribution in [0, 0.1) is 35.5 Å². The van der Waals surface area contributed by atoms with Gasteiger partial charge in [-0.15, -0.1) is 11.3 Å². The molecule has 2 unspecified atom stereocenters. The second-order valence-electron chi connectivity index (χ2n) is 11.1. The molecule has 3 aromatic heterocycles. The minimum Gasteiger partial charge on any atom is -0.338 e. The lowest BCUT2D eigenvalue weighted by Crippen LogP contribution is -2.43. The summed E-state index contributed by atoms with van der Waals surface area (Å²) in [7, 11) is 0. The molecule has 2 atom stereocenters. The fourth-order valence-corrected chi connectivity index (χ4v) is 7.13. The van der Waals surface area contributed by atoms with Crippen LogP contribution < -0.4 is 0 Å². The number of thiophene rings is 1. The first-order valence-corrected chi connectivity index (χ1v) is 13.6. The van der Waals surface area contributed by atoms with E-state index < -0.39 is 24.7 Å². The molecule has 200 valence electrons. The molecule has 0 radical (unpaired) electrons. The Bertz CT molecular complexity index is 1590. The highest BCUT2D eigenvalue weighted by Gasteiger charge is 2.72. The zero-order valence-electron chi connectivity index (χ0n) is 21.6. The second-order valence-corrected chi connectivity index (χ2v) is 12.2. The van der Waals surface area contributed by atoms with Crippen molar-refractivity contribution < 1.29 is 23.2 Å². The molecule has 6 rings (SSSR count). The summed E-state index contributed by atoms with van der Waals surface area (Å²) in [6.07, 6.45) is 0.782. The average Bonchev–Trinajstić information content (AvgIpc) is 3.13. The van der Waals surface area contributed by atoms with Crippen LogP contribution in [-0.4, -0.2) is 56.5 Å². The molecule has 3 fully saturated rings. The van der Waals surface area contributed by atoms with Gasteiger partial charge in [0.25, 0.3) is 11.8 Å². The van der Waals surface area contributed by atoms with Gasteiger partial charge in [0.2, 0.25) is 11.8 Å². The van der Waals surface area contributed by atoms with Crippen LogP contribution in [0.1, 0.15) is 53.3 Å². The van der Waals surface area contributed by atoms with E-state index in [9.17, 15) is 28.4 Å². The van der Waals surface area contributed by atoms with Gasteiger partial charge >= 0.3 is 0 Å². The molecule has 8 nitrogen and oxygen atoms in total. The van der Waals surface area contributed by atoms with Gasteiger partial charge in [-0.1, -0.05) is 13.8 Å². The molecule has 0 spiro atoms. The molecule has 3 aromatic rings. The van der Waals surface area contributed by atoms with E-state index in [0.29, 0.717) is 22.3 Å². The van der Waals surface area contributed by atoms with Gasteiger partial charge in [0.1, 0.15) is 11.8 Å². The monoisotopic (exact) mass is 549 g/mol. The number of hydrogen-bond donors (Lipinski definition) is 0. The quantitative estimate of drug-likeness (QED) is 0.442. The molecule has 1 saturated carbocycles. The molecule has 3 amide bonds. The summed E-state index contributed by atoms with van der Waals surface area (Å²) in [6.45, 7) is 5.50. The van der Waals surface area contributed by atoms with Gasteiger partial charge in [-0.25, -0.2) is 13.8 Å². The van der Waals surface area contributed by atoms with Gasteiger partial charge in [0, 0.05) is 48.1 Å². The maximum absolute atomic E-state index is 13.8. The molecular weight excluding hydrogens is 524 g/mol. The molecule has 2 saturated heterocycles. The summed E-state index contributed by atoms with van der Waals surface area (Å²) in [5, 5.41) is 9.59. The Hall–Kier alpha value is -3.78. The number of aromatic nitrogens is 2. The Morgan fingerprint density at radius 2 is 1.82 bits per heavy atom. The number of likely N-dealkylation sites (tertiary alicyclic amines) is 2. The number of hydrogen-bond acceptors (Lipinski definition) is 7. The molecule has 0 aromatic carbocycles. The molecular formula is C28H25F2N5O3S. The zero-order valence-corrected chi connectivity index (χ0v) is 22.4. The number of halogens is 2. The molecule has 11 heteroatoms. The topological polar surface area (TPSA) is 107 Å². The highest BCUT2D eigenvalue weighted by atomic mass is 32.1. The minimum absolute atomic E-state index is 0.0731. The van der Waals surface area contributed by atoms with Crippen molar-refractivity contribution >= 4 is 39.3 Å². The predicted molar refractivity (Wildman–Crippen MR) is 139 cm³/mol. The summed E-state index contributed by atoms with van der Waals surface area (Å²) in [4.78, 5) is 51.6. The summed E-state index contributed by atoms with van der Waals surface area (Å²) in [5.41, 5.74) is 2.18. The summed E-state index contributed by atoms with van der Waals surface area (Å²) >= 11 is 1.36. The lowest BCUT2D eigenvalue weighted by molar-refractivity contribution is -0.143. The van der Waals surface area contributed by atoms with Gasteiger partial charge in [-0.3, -0.25) is 24.3 Å². The predicted octanol–water partition coefficient (Wildman–Crippen LogP) is 4.55. The van der Waals surface area contributed by atoms with Crippen LogP contribution in [0.15, 0.2) is 24.4 Å². The second kappa shape index (κ2) is 8.61. The minimum atomic E-state index is -2.80. The van der Waals surface area contributed by atoms with Crippen molar-refractivity contribution in [2.75, 3.05) is 13.1 Å². The number of imide groups is 1. The number of aryl methyl sites for hydroxylation is 1. The van der Waals surface area contributed by atoms with E-state index in [4.69, 9.17) is 0 Å².